The van der Waals surface area contributed by atoms with Crippen LogP contribution in [0.5, 0.6) is 5.75 Å². The summed E-state index contributed by atoms with van der Waals surface area (Å²) in [4.78, 5) is 17.3. The number of aromatic nitrogens is 2. The Morgan fingerprint density at radius 1 is 1.13 bits per heavy atom. The molecule has 0 aliphatic carbocycles. The highest BCUT2D eigenvalue weighted by Gasteiger charge is 2.38. The molecule has 1 aliphatic rings. The molecule has 10 heteroatoms. The van der Waals surface area contributed by atoms with Crippen molar-refractivity contribution in [3.63, 3.8) is 0 Å². The molecule has 0 spiro atoms. The van der Waals surface area contributed by atoms with E-state index in [1.807, 2.05) is 0 Å². The Balaban J connectivity index is 1.38. The summed E-state index contributed by atoms with van der Waals surface area (Å²) in [7, 11) is 0. The largest absolute Gasteiger partial charge is 0.489 e. The second kappa shape index (κ2) is 7.77. The van der Waals surface area contributed by atoms with E-state index in [0.29, 0.717) is 30.8 Å². The second-order valence-corrected chi connectivity index (χ2v) is 6.70. The number of likely N-dealkylation sites (tertiary alicyclic amines) is 1. The Morgan fingerprint density at radius 2 is 1.87 bits per heavy atom. The number of rotatable bonds is 4. The zero-order valence-corrected chi connectivity index (χ0v) is 15.4. The van der Waals surface area contributed by atoms with E-state index in [1.165, 1.54) is 35.2 Å². The Kier molecular flexibility index (Phi) is 5.15. The van der Waals surface area contributed by atoms with Gasteiger partial charge in [0.25, 0.3) is 5.91 Å². The van der Waals surface area contributed by atoms with Crippen molar-refractivity contribution in [3.8, 4) is 17.1 Å². The predicted octanol–water partition coefficient (Wildman–Crippen LogP) is 4.19. The molecule has 0 bridgehead atoms. The molecule has 0 radical (unpaired) electrons. The number of alkyl halides is 3. The summed E-state index contributed by atoms with van der Waals surface area (Å²) in [5.74, 6) is -2.09. The van der Waals surface area contributed by atoms with Crippen LogP contribution in [0.4, 0.5) is 17.6 Å². The minimum atomic E-state index is -4.71. The van der Waals surface area contributed by atoms with Gasteiger partial charge in [0, 0.05) is 18.5 Å². The van der Waals surface area contributed by atoms with Gasteiger partial charge < -0.3 is 14.2 Å². The fourth-order valence-electron chi connectivity index (χ4n) is 3.14. The molecule has 3 aromatic rings. The lowest BCUT2D eigenvalue weighted by Crippen LogP contribution is -2.31. The van der Waals surface area contributed by atoms with Gasteiger partial charge in [0.2, 0.25) is 5.82 Å². The molecule has 2 heterocycles. The summed E-state index contributed by atoms with van der Waals surface area (Å²) in [6.45, 7) is 0.730. The van der Waals surface area contributed by atoms with Gasteiger partial charge in [0.05, 0.1) is 12.1 Å². The molecule has 1 atom stereocenters. The Bertz CT molecular complexity index is 1050. The van der Waals surface area contributed by atoms with Crippen LogP contribution in [0.2, 0.25) is 0 Å². The summed E-state index contributed by atoms with van der Waals surface area (Å²) in [6, 6.07) is 12.0. The molecule has 156 valence electrons. The van der Waals surface area contributed by atoms with Crippen molar-refractivity contribution in [2.24, 2.45) is 0 Å². The van der Waals surface area contributed by atoms with Crippen LogP contribution >= 0.6 is 0 Å². The maximum absolute atomic E-state index is 13.8. The molecule has 6 nitrogen and oxygen atoms in total. The molecule has 2 aromatic carbocycles. The van der Waals surface area contributed by atoms with Gasteiger partial charge in [-0.1, -0.05) is 17.3 Å². The first-order valence-electron chi connectivity index (χ1n) is 9.03. The van der Waals surface area contributed by atoms with Crippen molar-refractivity contribution in [3.05, 3.63) is 65.8 Å². The van der Waals surface area contributed by atoms with Gasteiger partial charge in [0.1, 0.15) is 17.7 Å². The summed E-state index contributed by atoms with van der Waals surface area (Å²) in [6.07, 6.45) is -4.42. The van der Waals surface area contributed by atoms with Crippen LogP contribution in [0.1, 0.15) is 22.7 Å². The molecule has 1 aliphatic heterocycles. The first kappa shape index (κ1) is 19.9. The van der Waals surface area contributed by atoms with E-state index in [0.717, 1.165) is 0 Å². The lowest BCUT2D eigenvalue weighted by molar-refractivity contribution is -0.159. The molecule has 30 heavy (non-hydrogen) atoms. The first-order valence-corrected chi connectivity index (χ1v) is 9.03. The Morgan fingerprint density at radius 3 is 2.53 bits per heavy atom. The molecule has 1 amide bonds. The molecular formula is C20H15F4N3O3. The van der Waals surface area contributed by atoms with Crippen molar-refractivity contribution < 1.29 is 31.6 Å². The Labute approximate surface area is 168 Å². The SMILES string of the molecule is O=C(c1ccccc1F)N1CC[C@@H](Oc2ccc(-c3noc(C(F)(F)F)n3)cc2)C1. The molecule has 1 fully saturated rings. The van der Waals surface area contributed by atoms with Crippen LogP contribution in [0.15, 0.2) is 53.1 Å². The van der Waals surface area contributed by atoms with Crippen LogP contribution in [-0.2, 0) is 6.18 Å². The average molecular weight is 421 g/mol. The van der Waals surface area contributed by atoms with Gasteiger partial charge >= 0.3 is 12.1 Å². The summed E-state index contributed by atoms with van der Waals surface area (Å²) >= 11 is 0. The van der Waals surface area contributed by atoms with Crippen LogP contribution in [0.3, 0.4) is 0 Å². The van der Waals surface area contributed by atoms with Crippen LogP contribution < -0.4 is 4.74 Å². The second-order valence-electron chi connectivity index (χ2n) is 6.70. The number of carbonyl (C=O) groups excluding carboxylic acids is 1. The van der Waals surface area contributed by atoms with Gasteiger partial charge in [-0.15, -0.1) is 0 Å². The van der Waals surface area contributed by atoms with Crippen molar-refractivity contribution in [1.82, 2.24) is 15.0 Å². The summed E-state index contributed by atoms with van der Waals surface area (Å²) < 4.78 is 61.6. The maximum atomic E-state index is 13.8. The molecular weight excluding hydrogens is 406 g/mol. The smallest absolute Gasteiger partial charge is 0.471 e. The molecule has 4 rings (SSSR count). The normalized spacial score (nSPS) is 16.7. The van der Waals surface area contributed by atoms with E-state index in [-0.39, 0.29) is 17.5 Å². The van der Waals surface area contributed by atoms with E-state index >= 15 is 0 Å². The third-order valence-corrected chi connectivity index (χ3v) is 4.62. The molecule has 0 N–H and O–H groups in total. The van der Waals surface area contributed by atoms with E-state index in [1.54, 1.807) is 18.2 Å². The number of amides is 1. The van der Waals surface area contributed by atoms with Gasteiger partial charge in [-0.2, -0.15) is 18.2 Å². The number of hydrogen-bond acceptors (Lipinski definition) is 5. The lowest BCUT2D eigenvalue weighted by Gasteiger charge is -2.17. The first-order chi connectivity index (χ1) is 14.3. The number of halogens is 4. The topological polar surface area (TPSA) is 68.5 Å². The number of ether oxygens (including phenoxy) is 1. The standard InChI is InChI=1S/C20H15F4N3O3/c21-16-4-2-1-3-15(16)18(28)27-10-9-14(11-27)29-13-7-5-12(6-8-13)17-25-19(30-26-17)20(22,23)24/h1-8,14H,9-11H2/t14-/m1/s1. The summed E-state index contributed by atoms with van der Waals surface area (Å²) in [5.41, 5.74) is 0.352. The van der Waals surface area contributed by atoms with Gasteiger partial charge in [-0.25, -0.2) is 4.39 Å². The minimum absolute atomic E-state index is 0.0147. The van der Waals surface area contributed by atoms with E-state index in [4.69, 9.17) is 4.74 Å². The lowest BCUT2D eigenvalue weighted by atomic mass is 10.2. The van der Waals surface area contributed by atoms with Crippen molar-refractivity contribution in [2.75, 3.05) is 13.1 Å². The minimum Gasteiger partial charge on any atom is -0.489 e. The highest BCUT2D eigenvalue weighted by Crippen LogP contribution is 2.30. The fraction of sp³-hybridized carbons (Fsp3) is 0.250. The monoisotopic (exact) mass is 421 g/mol. The molecule has 1 saturated heterocycles. The highest BCUT2D eigenvalue weighted by atomic mass is 19.4. The summed E-state index contributed by atoms with van der Waals surface area (Å²) in [5, 5.41) is 3.33. The Hall–Kier alpha value is -3.43. The van der Waals surface area contributed by atoms with E-state index < -0.39 is 23.8 Å². The third-order valence-electron chi connectivity index (χ3n) is 4.62. The van der Waals surface area contributed by atoms with Crippen LogP contribution in [0.25, 0.3) is 11.4 Å². The van der Waals surface area contributed by atoms with Crippen LogP contribution in [0, 0.1) is 5.82 Å². The number of nitrogens with zero attached hydrogens (tertiary/aromatic N) is 3. The van der Waals surface area contributed by atoms with Crippen molar-refractivity contribution >= 4 is 5.91 Å². The zero-order chi connectivity index (χ0) is 21.3. The van der Waals surface area contributed by atoms with Gasteiger partial charge in [0.15, 0.2) is 0 Å². The average Bonchev–Trinajstić information content (AvgIpc) is 3.38. The number of carbonyl (C=O) groups is 1. The fourth-order valence-corrected chi connectivity index (χ4v) is 3.14. The van der Waals surface area contributed by atoms with E-state index in [9.17, 15) is 22.4 Å². The molecule has 0 saturated carbocycles. The van der Waals surface area contributed by atoms with Crippen molar-refractivity contribution in [2.45, 2.75) is 18.7 Å². The third kappa shape index (κ3) is 4.12. The highest BCUT2D eigenvalue weighted by molar-refractivity contribution is 5.94. The molecule has 1 aromatic heterocycles. The van der Waals surface area contributed by atoms with Gasteiger partial charge in [-0.05, 0) is 36.4 Å². The predicted molar refractivity (Wildman–Crippen MR) is 96.1 cm³/mol. The van der Waals surface area contributed by atoms with Crippen LogP contribution in [-0.4, -0.2) is 40.1 Å². The number of hydrogen-bond donors (Lipinski definition) is 0. The van der Waals surface area contributed by atoms with Gasteiger partial charge in [-0.3, -0.25) is 4.79 Å². The quantitative estimate of drug-likeness (QED) is 0.591. The van der Waals surface area contributed by atoms with E-state index in [2.05, 4.69) is 14.7 Å². The maximum Gasteiger partial charge on any atom is 0.471 e. The van der Waals surface area contributed by atoms with Crippen molar-refractivity contribution in [1.29, 1.82) is 0 Å². The molecule has 0 unspecified atom stereocenters. The zero-order valence-electron chi connectivity index (χ0n) is 15.4. The number of benzene rings is 2.